The lowest BCUT2D eigenvalue weighted by Crippen LogP contribution is -2.66. The topological polar surface area (TPSA) is 52.6 Å². The van der Waals surface area contributed by atoms with E-state index in [0.717, 1.165) is 24.2 Å². The summed E-state index contributed by atoms with van der Waals surface area (Å²) in [5.41, 5.74) is 18.0. The number of anilines is 2. The van der Waals surface area contributed by atoms with E-state index in [4.69, 9.17) is 0 Å². The fourth-order valence-corrected chi connectivity index (χ4v) is 6.87. The molecule has 2 aromatic carbocycles. The van der Waals surface area contributed by atoms with E-state index in [2.05, 4.69) is 79.3 Å². The Morgan fingerprint density at radius 1 is 0.528 bits per heavy atom. The zero-order valence-corrected chi connectivity index (χ0v) is 23.6. The van der Waals surface area contributed by atoms with Crippen LogP contribution in [0.4, 0.5) is 11.4 Å². The molecule has 192 valence electrons. The van der Waals surface area contributed by atoms with Crippen molar-refractivity contribution in [3.63, 3.8) is 0 Å². The van der Waals surface area contributed by atoms with Gasteiger partial charge in [0.15, 0.2) is 0 Å². The first-order valence-corrected chi connectivity index (χ1v) is 13.3. The van der Waals surface area contributed by atoms with E-state index in [1.54, 1.807) is 0 Å². The average molecular weight is 485 g/mol. The number of allylic oxidation sites excluding steroid dienone is 2. The van der Waals surface area contributed by atoms with Gasteiger partial charge in [-0.15, -0.1) is 12.2 Å². The summed E-state index contributed by atoms with van der Waals surface area (Å²) in [7, 11) is 4.16. The monoisotopic (exact) mass is 484 g/mol. The molecule has 1 fully saturated rings. The van der Waals surface area contributed by atoms with Gasteiger partial charge in [-0.3, -0.25) is 0 Å². The quantitative estimate of drug-likeness (QED) is 0.637. The number of fused-ring (bicyclic) bond motifs is 2. The Morgan fingerprint density at radius 2 is 0.833 bits per heavy atom. The van der Waals surface area contributed by atoms with E-state index in [1.165, 1.54) is 67.0 Å². The van der Waals surface area contributed by atoms with Gasteiger partial charge in [0.1, 0.15) is 0 Å². The van der Waals surface area contributed by atoms with E-state index in [9.17, 15) is 10.2 Å². The zero-order valence-electron chi connectivity index (χ0n) is 23.6. The summed E-state index contributed by atoms with van der Waals surface area (Å²) in [4.78, 5) is 4.43. The molecule has 1 saturated carbocycles. The molecule has 2 heterocycles. The first kappa shape index (κ1) is 25.1. The third-order valence-corrected chi connectivity index (χ3v) is 10.1. The van der Waals surface area contributed by atoms with Crippen LogP contribution in [0, 0.1) is 67.2 Å². The number of nitrogens with zero attached hydrogens (tertiary/aromatic N) is 2. The van der Waals surface area contributed by atoms with Crippen LogP contribution >= 0.6 is 0 Å². The predicted molar refractivity (Wildman–Crippen MR) is 146 cm³/mol. The SMILES string of the molecule is Cc1c(C)c(C)c2c(c1C)CC(=CC1C([O-])C(C=C3Cc4c(C)c(C)c(C)c(C)c4N3C)C1[O-])N2C. The van der Waals surface area contributed by atoms with Crippen LogP contribution < -0.4 is 20.0 Å². The lowest BCUT2D eigenvalue weighted by molar-refractivity contribution is -0.550. The maximum Gasteiger partial charge on any atom is 0.0477 e. The van der Waals surface area contributed by atoms with Crippen LogP contribution in [0.25, 0.3) is 0 Å². The van der Waals surface area contributed by atoms with E-state index in [-0.39, 0.29) is 0 Å². The number of likely N-dealkylation sites (N-methyl/N-ethyl adjacent to an activating group) is 2. The molecule has 0 spiro atoms. The Kier molecular flexibility index (Phi) is 5.92. The van der Waals surface area contributed by atoms with Crippen LogP contribution in [-0.2, 0) is 12.8 Å². The summed E-state index contributed by atoms with van der Waals surface area (Å²) in [6.07, 6.45) is 3.83. The molecule has 0 radical (unpaired) electrons. The van der Waals surface area contributed by atoms with E-state index < -0.39 is 24.0 Å². The smallest absolute Gasteiger partial charge is 0.0477 e. The van der Waals surface area contributed by atoms with Crippen LogP contribution in [0.1, 0.15) is 55.6 Å². The molecule has 4 heteroatoms. The third-order valence-electron chi connectivity index (χ3n) is 10.1. The molecule has 0 aromatic heterocycles. The second-order valence-corrected chi connectivity index (χ2v) is 11.5. The predicted octanol–water partition coefficient (Wildman–Crippen LogP) is 4.31. The molecule has 5 rings (SSSR count). The molecule has 2 aliphatic heterocycles. The highest BCUT2D eigenvalue weighted by atomic mass is 16.3. The summed E-state index contributed by atoms with van der Waals surface area (Å²) in [6, 6.07) is 0. The fourth-order valence-electron chi connectivity index (χ4n) is 6.87. The van der Waals surface area contributed by atoms with Gasteiger partial charge in [0.05, 0.1) is 0 Å². The van der Waals surface area contributed by atoms with Crippen molar-refractivity contribution in [2.75, 3.05) is 23.9 Å². The number of benzene rings is 2. The highest BCUT2D eigenvalue weighted by Crippen LogP contribution is 2.45. The van der Waals surface area contributed by atoms with Gasteiger partial charge in [0.2, 0.25) is 0 Å². The van der Waals surface area contributed by atoms with E-state index >= 15 is 0 Å². The summed E-state index contributed by atoms with van der Waals surface area (Å²) < 4.78 is 0. The fraction of sp³-hybridized carbons (Fsp3) is 0.500. The van der Waals surface area contributed by atoms with Gasteiger partial charge in [-0.25, -0.2) is 0 Å². The summed E-state index contributed by atoms with van der Waals surface area (Å²) in [5, 5.41) is 26.7. The lowest BCUT2D eigenvalue weighted by atomic mass is 9.68. The minimum atomic E-state index is -0.891. The highest BCUT2D eigenvalue weighted by molar-refractivity contribution is 5.75. The molecular formula is C32H40N2O2-2. The molecule has 0 amide bonds. The standard InChI is InChI=1S/C32H40N2O2/c1-15-17(3)21(7)29-25(19(15)5)11-23(33(29)9)13-27-31(35)28(32(27)36)14-24-12-26-20(6)16(2)18(4)22(8)30(26)34(24)10/h13-14,27-28,31-32H,11-12H2,1-10H3/q-2. The van der Waals surface area contributed by atoms with E-state index in [1.807, 2.05) is 12.2 Å². The largest absolute Gasteiger partial charge is 0.851 e. The molecular weight excluding hydrogens is 444 g/mol. The van der Waals surface area contributed by atoms with Gasteiger partial charge in [-0.2, -0.15) is 0 Å². The molecule has 3 aliphatic rings. The van der Waals surface area contributed by atoms with Crippen LogP contribution in [0.5, 0.6) is 0 Å². The second kappa shape index (κ2) is 8.49. The third kappa shape index (κ3) is 3.34. The number of hydrogen-bond acceptors (Lipinski definition) is 4. The van der Waals surface area contributed by atoms with Crippen molar-refractivity contribution in [2.24, 2.45) is 11.8 Å². The van der Waals surface area contributed by atoms with Crippen molar-refractivity contribution in [3.05, 3.63) is 79.2 Å². The Labute approximate surface area is 216 Å². The molecule has 0 unspecified atom stereocenters. The minimum absolute atomic E-state index is 0.469. The van der Waals surface area contributed by atoms with Gasteiger partial charge < -0.3 is 20.0 Å². The Morgan fingerprint density at radius 3 is 1.17 bits per heavy atom. The van der Waals surface area contributed by atoms with Crippen LogP contribution in [0.15, 0.2) is 23.5 Å². The first-order chi connectivity index (χ1) is 16.9. The second-order valence-electron chi connectivity index (χ2n) is 11.5. The van der Waals surface area contributed by atoms with Crippen molar-refractivity contribution in [1.29, 1.82) is 0 Å². The molecule has 36 heavy (non-hydrogen) atoms. The molecule has 0 bridgehead atoms. The summed E-state index contributed by atoms with van der Waals surface area (Å²) in [5.74, 6) is -0.938. The van der Waals surface area contributed by atoms with Crippen molar-refractivity contribution in [2.45, 2.75) is 80.4 Å². The van der Waals surface area contributed by atoms with Crippen molar-refractivity contribution >= 4 is 11.4 Å². The van der Waals surface area contributed by atoms with E-state index in [0.29, 0.717) is 0 Å². The maximum atomic E-state index is 13.3. The van der Waals surface area contributed by atoms with Crippen molar-refractivity contribution in [1.82, 2.24) is 0 Å². The Hall–Kier alpha value is -2.56. The van der Waals surface area contributed by atoms with Crippen LogP contribution in [0.3, 0.4) is 0 Å². The molecule has 0 saturated heterocycles. The molecule has 0 atom stereocenters. The Balaban J connectivity index is 1.39. The molecule has 1 aliphatic carbocycles. The van der Waals surface area contributed by atoms with Crippen molar-refractivity contribution in [3.8, 4) is 0 Å². The summed E-state index contributed by atoms with van der Waals surface area (Å²) in [6.45, 7) is 17.5. The summed E-state index contributed by atoms with van der Waals surface area (Å²) >= 11 is 0. The van der Waals surface area contributed by atoms with Gasteiger partial charge in [-0.1, -0.05) is 12.2 Å². The van der Waals surface area contributed by atoms with Gasteiger partial charge >= 0.3 is 0 Å². The normalized spacial score (nSPS) is 27.2. The van der Waals surface area contributed by atoms with Crippen LogP contribution in [-0.4, -0.2) is 26.3 Å². The van der Waals surface area contributed by atoms with Crippen LogP contribution in [0.2, 0.25) is 0 Å². The van der Waals surface area contributed by atoms with Gasteiger partial charge in [0.25, 0.3) is 0 Å². The molecule has 4 nitrogen and oxygen atoms in total. The average Bonchev–Trinajstić information content (AvgIpc) is 3.37. The molecule has 0 N–H and O–H groups in total. The van der Waals surface area contributed by atoms with Gasteiger partial charge in [0, 0.05) is 49.7 Å². The minimum Gasteiger partial charge on any atom is -0.851 e. The number of hydrogen-bond donors (Lipinski definition) is 0. The maximum absolute atomic E-state index is 13.3. The first-order valence-electron chi connectivity index (χ1n) is 13.3. The molecule has 2 aromatic rings. The zero-order chi connectivity index (χ0) is 26.4. The highest BCUT2D eigenvalue weighted by Gasteiger charge is 2.37. The van der Waals surface area contributed by atoms with Gasteiger partial charge in [-0.05, 0) is 123 Å². The van der Waals surface area contributed by atoms with Crippen molar-refractivity contribution < 1.29 is 10.2 Å². The number of rotatable bonds is 2. The Bertz CT molecular complexity index is 1240. The lowest BCUT2D eigenvalue weighted by Gasteiger charge is -2.59.